The van der Waals surface area contributed by atoms with Gasteiger partial charge in [0.25, 0.3) is 0 Å². The summed E-state index contributed by atoms with van der Waals surface area (Å²) in [6, 6.07) is 2.02. The fourth-order valence-corrected chi connectivity index (χ4v) is 2.22. The Bertz CT molecular complexity index is 408. The topological polar surface area (TPSA) is 50.1 Å². The molecule has 3 heteroatoms. The monoisotopic (exact) mass is 219 g/mol. The first kappa shape index (κ1) is 12.5. The minimum absolute atomic E-state index is 0.177. The van der Waals surface area contributed by atoms with Gasteiger partial charge in [-0.15, -0.1) is 0 Å². The predicted octanol–water partition coefficient (Wildman–Crippen LogP) is 2.75. The van der Waals surface area contributed by atoms with Crippen LogP contribution in [0.5, 0.6) is 0 Å². The first-order valence-electron chi connectivity index (χ1n) is 5.32. The van der Waals surface area contributed by atoms with Gasteiger partial charge in [0.15, 0.2) is 0 Å². The molecule has 86 valence electrons. The van der Waals surface area contributed by atoms with Crippen molar-refractivity contribution in [3.63, 3.8) is 0 Å². The van der Waals surface area contributed by atoms with Crippen molar-refractivity contribution < 1.29 is 9.53 Å². The minimum atomic E-state index is -0.286. The Morgan fingerprint density at radius 3 is 2.69 bits per heavy atom. The van der Waals surface area contributed by atoms with Crippen LogP contribution in [0.3, 0.4) is 0 Å². The van der Waals surface area contributed by atoms with Crippen LogP contribution in [0.1, 0.15) is 33.6 Å². The van der Waals surface area contributed by atoms with Crippen LogP contribution in [0, 0.1) is 16.7 Å². The molecule has 0 aliphatic heterocycles. The zero-order chi connectivity index (χ0) is 12.3. The van der Waals surface area contributed by atoms with E-state index in [9.17, 15) is 4.79 Å². The Hall–Kier alpha value is -1.56. The summed E-state index contributed by atoms with van der Waals surface area (Å²) in [7, 11) is 1.39. The lowest BCUT2D eigenvalue weighted by molar-refractivity contribution is -0.137. The van der Waals surface area contributed by atoms with Crippen LogP contribution in [0.2, 0.25) is 0 Å². The molecule has 0 N–H and O–H groups in total. The van der Waals surface area contributed by atoms with Crippen LogP contribution in [0.4, 0.5) is 0 Å². The maximum Gasteiger partial charge on any atom is 0.334 e. The second kappa shape index (κ2) is 4.52. The Morgan fingerprint density at radius 1 is 1.56 bits per heavy atom. The molecule has 0 heterocycles. The largest absolute Gasteiger partial charge is 0.466 e. The third-order valence-corrected chi connectivity index (χ3v) is 3.18. The number of carbonyl (C=O) groups excluding carboxylic acids is 1. The van der Waals surface area contributed by atoms with Gasteiger partial charge in [-0.05, 0) is 36.3 Å². The number of allylic oxidation sites excluding steroid dienone is 3. The molecule has 0 aromatic rings. The van der Waals surface area contributed by atoms with Crippen LogP contribution in [-0.4, -0.2) is 13.1 Å². The maximum atomic E-state index is 11.8. The zero-order valence-electron chi connectivity index (χ0n) is 10.3. The third kappa shape index (κ3) is 2.16. The number of carbonyl (C=O) groups is 1. The fourth-order valence-electron chi connectivity index (χ4n) is 2.22. The second-order valence-electron chi connectivity index (χ2n) is 4.67. The third-order valence-electron chi connectivity index (χ3n) is 3.18. The summed E-state index contributed by atoms with van der Waals surface area (Å²) in [5, 5.41) is 8.68. The average molecular weight is 219 g/mol. The summed E-state index contributed by atoms with van der Waals surface area (Å²) < 4.78 is 4.82. The van der Waals surface area contributed by atoms with Crippen molar-refractivity contribution >= 4 is 5.97 Å². The fraction of sp³-hybridized carbons (Fsp3) is 0.538. The van der Waals surface area contributed by atoms with Gasteiger partial charge in [-0.3, -0.25) is 0 Å². The molecular weight excluding hydrogens is 202 g/mol. The number of esters is 1. The molecule has 1 aliphatic rings. The molecule has 0 fully saturated rings. The predicted molar refractivity (Wildman–Crippen MR) is 61.4 cm³/mol. The van der Waals surface area contributed by atoms with Crippen molar-refractivity contribution in [1.29, 1.82) is 5.26 Å². The highest BCUT2D eigenvalue weighted by atomic mass is 16.5. The number of ether oxygens (including phenoxy) is 1. The van der Waals surface area contributed by atoms with Crippen LogP contribution < -0.4 is 0 Å². The molecule has 3 nitrogen and oxygen atoms in total. The average Bonchev–Trinajstić information content (AvgIpc) is 2.22. The smallest absolute Gasteiger partial charge is 0.334 e. The highest BCUT2D eigenvalue weighted by Gasteiger charge is 2.35. The van der Waals surface area contributed by atoms with Crippen molar-refractivity contribution in [2.24, 2.45) is 5.41 Å². The molecule has 1 aliphatic carbocycles. The lowest BCUT2D eigenvalue weighted by Crippen LogP contribution is -2.27. The van der Waals surface area contributed by atoms with E-state index in [4.69, 9.17) is 10.00 Å². The Labute approximate surface area is 96.4 Å². The number of rotatable bonds is 1. The lowest BCUT2D eigenvalue weighted by Gasteiger charge is -2.33. The van der Waals surface area contributed by atoms with E-state index in [0.29, 0.717) is 5.57 Å². The molecule has 16 heavy (non-hydrogen) atoms. The molecule has 0 radical (unpaired) electrons. The van der Waals surface area contributed by atoms with Crippen LogP contribution >= 0.6 is 0 Å². The molecule has 0 saturated carbocycles. The molecule has 1 rings (SSSR count). The molecule has 0 aromatic carbocycles. The van der Waals surface area contributed by atoms with Gasteiger partial charge in [-0.2, -0.15) is 5.26 Å². The van der Waals surface area contributed by atoms with Crippen molar-refractivity contribution in [2.45, 2.75) is 33.6 Å². The van der Waals surface area contributed by atoms with E-state index in [2.05, 4.69) is 0 Å². The Morgan fingerprint density at radius 2 is 2.19 bits per heavy atom. The number of nitrogens with zero attached hydrogens (tertiary/aromatic N) is 1. The molecule has 0 atom stereocenters. The molecule has 0 spiro atoms. The van der Waals surface area contributed by atoms with Gasteiger partial charge in [0.2, 0.25) is 0 Å². The van der Waals surface area contributed by atoms with Gasteiger partial charge >= 0.3 is 5.97 Å². The van der Waals surface area contributed by atoms with Crippen LogP contribution in [-0.2, 0) is 9.53 Å². The molecule has 0 saturated heterocycles. The van der Waals surface area contributed by atoms with E-state index in [1.165, 1.54) is 13.2 Å². The molecular formula is C13H17NO2. The highest BCUT2D eigenvalue weighted by molar-refractivity contribution is 5.92. The summed E-state index contributed by atoms with van der Waals surface area (Å²) in [6.45, 7) is 5.95. The van der Waals surface area contributed by atoms with Gasteiger partial charge < -0.3 is 4.74 Å². The van der Waals surface area contributed by atoms with Crippen molar-refractivity contribution in [1.82, 2.24) is 0 Å². The highest BCUT2D eigenvalue weighted by Crippen LogP contribution is 2.42. The standard InChI is InChI=1S/C13H17NO2/c1-9-10(6-8-14)5-7-13(2,3)11(9)12(15)16-4/h6H,5,7H2,1-4H3/b10-6+. The lowest BCUT2D eigenvalue weighted by atomic mass is 9.71. The summed E-state index contributed by atoms with van der Waals surface area (Å²) >= 11 is 0. The van der Waals surface area contributed by atoms with Gasteiger partial charge in [0, 0.05) is 11.6 Å². The summed E-state index contributed by atoms with van der Waals surface area (Å²) in [4.78, 5) is 11.8. The van der Waals surface area contributed by atoms with E-state index in [0.717, 1.165) is 24.0 Å². The maximum absolute atomic E-state index is 11.8. The molecule has 0 aromatic heterocycles. The van der Waals surface area contributed by atoms with Gasteiger partial charge in [-0.1, -0.05) is 13.8 Å². The Balaban J connectivity index is 3.31. The summed E-state index contributed by atoms with van der Waals surface area (Å²) in [5.74, 6) is -0.286. The Kier molecular flexibility index (Phi) is 3.54. The van der Waals surface area contributed by atoms with Crippen molar-refractivity contribution in [3.8, 4) is 6.07 Å². The van der Waals surface area contributed by atoms with Crippen LogP contribution in [0.15, 0.2) is 22.8 Å². The normalized spacial score (nSPS) is 21.8. The summed E-state index contributed by atoms with van der Waals surface area (Å²) in [6.07, 6.45) is 3.22. The van der Waals surface area contributed by atoms with Gasteiger partial charge in [-0.25, -0.2) is 4.79 Å². The van der Waals surface area contributed by atoms with E-state index < -0.39 is 0 Å². The number of hydrogen-bond donors (Lipinski definition) is 0. The SMILES string of the molecule is COC(=O)C1=C(C)/C(=C/C#N)CCC1(C)C. The van der Waals surface area contributed by atoms with Crippen molar-refractivity contribution in [3.05, 3.63) is 22.8 Å². The second-order valence-corrected chi connectivity index (χ2v) is 4.67. The van der Waals surface area contributed by atoms with Gasteiger partial charge in [0.1, 0.15) is 0 Å². The number of hydrogen-bond acceptors (Lipinski definition) is 3. The van der Waals surface area contributed by atoms with Gasteiger partial charge in [0.05, 0.1) is 13.2 Å². The van der Waals surface area contributed by atoms with E-state index in [1.807, 2.05) is 26.8 Å². The number of methoxy groups -OCH3 is 1. The van der Waals surface area contributed by atoms with E-state index in [-0.39, 0.29) is 11.4 Å². The molecule has 0 amide bonds. The summed E-state index contributed by atoms with van der Waals surface area (Å²) in [5.41, 5.74) is 2.36. The molecule has 0 bridgehead atoms. The molecule has 0 unspecified atom stereocenters. The first-order valence-corrected chi connectivity index (χ1v) is 5.32. The van der Waals surface area contributed by atoms with Crippen molar-refractivity contribution in [2.75, 3.05) is 7.11 Å². The quantitative estimate of drug-likeness (QED) is 0.503. The van der Waals surface area contributed by atoms with E-state index in [1.54, 1.807) is 0 Å². The van der Waals surface area contributed by atoms with E-state index >= 15 is 0 Å². The first-order chi connectivity index (χ1) is 7.44. The number of nitriles is 1. The zero-order valence-corrected chi connectivity index (χ0v) is 10.3. The van der Waals surface area contributed by atoms with Crippen LogP contribution in [0.25, 0.3) is 0 Å². The minimum Gasteiger partial charge on any atom is -0.466 e.